The number of aromatic carboxylic acids is 1. The number of aromatic nitrogens is 4. The summed E-state index contributed by atoms with van der Waals surface area (Å²) in [7, 11) is 0. The SMILES string of the molecule is O=C(Cn1cc(C(=O)O)nn1)NC1CCN(c2ccc(C(F)(F)F)cn2)CC1. The van der Waals surface area contributed by atoms with Gasteiger partial charge in [-0.05, 0) is 25.0 Å². The number of halogens is 3. The van der Waals surface area contributed by atoms with Crippen LogP contribution in [0.3, 0.4) is 0 Å². The van der Waals surface area contributed by atoms with Crippen molar-refractivity contribution < 1.29 is 27.9 Å². The third-order valence-corrected chi connectivity index (χ3v) is 4.32. The summed E-state index contributed by atoms with van der Waals surface area (Å²) in [5, 5.41) is 18.6. The van der Waals surface area contributed by atoms with Crippen molar-refractivity contribution in [3.8, 4) is 0 Å². The highest BCUT2D eigenvalue weighted by molar-refractivity contribution is 5.84. The summed E-state index contributed by atoms with van der Waals surface area (Å²) >= 11 is 0. The second-order valence-corrected chi connectivity index (χ2v) is 6.34. The summed E-state index contributed by atoms with van der Waals surface area (Å²) in [5.74, 6) is -1.09. The van der Waals surface area contributed by atoms with Crippen LogP contribution >= 0.6 is 0 Å². The fraction of sp³-hybridized carbons (Fsp3) is 0.438. The zero-order chi connectivity index (χ0) is 20.3. The molecule has 0 bridgehead atoms. The Balaban J connectivity index is 1.48. The van der Waals surface area contributed by atoms with Gasteiger partial charge in [-0.1, -0.05) is 5.21 Å². The third kappa shape index (κ3) is 4.75. The molecule has 12 heteroatoms. The van der Waals surface area contributed by atoms with E-state index < -0.39 is 17.7 Å². The highest BCUT2D eigenvalue weighted by Gasteiger charge is 2.31. The fourth-order valence-electron chi connectivity index (χ4n) is 2.89. The van der Waals surface area contributed by atoms with Crippen LogP contribution in [0.15, 0.2) is 24.5 Å². The zero-order valence-electron chi connectivity index (χ0n) is 14.6. The molecule has 0 aromatic carbocycles. The van der Waals surface area contributed by atoms with Crippen LogP contribution in [0.1, 0.15) is 28.9 Å². The molecular weight excluding hydrogens is 381 g/mol. The van der Waals surface area contributed by atoms with Crippen LogP contribution < -0.4 is 10.2 Å². The molecule has 0 unspecified atom stereocenters. The van der Waals surface area contributed by atoms with Crippen LogP contribution in [0.2, 0.25) is 0 Å². The molecule has 3 heterocycles. The number of nitrogens with zero attached hydrogens (tertiary/aromatic N) is 5. The standard InChI is InChI=1S/C16H17F3N6O3/c17-16(18,19)10-1-2-13(20-7-10)24-5-3-11(4-6-24)21-14(26)9-25-8-12(15(27)28)22-23-25/h1-2,7-8,11H,3-6,9H2,(H,21,26)(H,27,28). The molecule has 1 aliphatic heterocycles. The van der Waals surface area contributed by atoms with Crippen molar-refractivity contribution >= 4 is 17.7 Å². The largest absolute Gasteiger partial charge is 0.476 e. The Hall–Kier alpha value is -3.18. The van der Waals surface area contributed by atoms with Crippen LogP contribution in [0, 0.1) is 0 Å². The Bertz CT molecular complexity index is 844. The van der Waals surface area contributed by atoms with E-state index in [2.05, 4.69) is 20.6 Å². The molecule has 0 saturated carbocycles. The first kappa shape index (κ1) is 19.6. The molecule has 0 aliphatic carbocycles. The number of carboxylic acid groups (broad SMARTS) is 1. The van der Waals surface area contributed by atoms with Crippen LogP contribution in [-0.2, 0) is 17.5 Å². The van der Waals surface area contributed by atoms with Gasteiger partial charge in [0.25, 0.3) is 0 Å². The molecule has 0 spiro atoms. The first-order chi connectivity index (χ1) is 13.2. The van der Waals surface area contributed by atoms with Crippen molar-refractivity contribution in [2.75, 3.05) is 18.0 Å². The molecule has 2 N–H and O–H groups in total. The minimum Gasteiger partial charge on any atom is -0.476 e. The van der Waals surface area contributed by atoms with Gasteiger partial charge in [0.15, 0.2) is 5.69 Å². The molecular formula is C16H17F3N6O3. The van der Waals surface area contributed by atoms with Crippen molar-refractivity contribution in [1.29, 1.82) is 0 Å². The molecule has 3 rings (SSSR count). The number of piperidine rings is 1. The summed E-state index contributed by atoms with van der Waals surface area (Å²) in [6.45, 7) is 0.923. The normalized spacial score (nSPS) is 15.5. The Morgan fingerprint density at radius 1 is 1.25 bits per heavy atom. The molecule has 0 radical (unpaired) electrons. The summed E-state index contributed by atoms with van der Waals surface area (Å²) in [4.78, 5) is 28.6. The molecule has 1 fully saturated rings. The Morgan fingerprint density at radius 2 is 1.96 bits per heavy atom. The highest BCUT2D eigenvalue weighted by atomic mass is 19.4. The van der Waals surface area contributed by atoms with Gasteiger partial charge < -0.3 is 15.3 Å². The van der Waals surface area contributed by atoms with Gasteiger partial charge >= 0.3 is 12.1 Å². The van der Waals surface area contributed by atoms with E-state index in [0.717, 1.165) is 16.9 Å². The van der Waals surface area contributed by atoms with Gasteiger partial charge in [0.2, 0.25) is 5.91 Å². The number of carbonyl (C=O) groups excluding carboxylic acids is 1. The van der Waals surface area contributed by atoms with Crippen LogP contribution in [0.5, 0.6) is 0 Å². The lowest BCUT2D eigenvalue weighted by Gasteiger charge is -2.33. The maximum Gasteiger partial charge on any atom is 0.417 e. The number of carboxylic acids is 1. The number of alkyl halides is 3. The van der Waals surface area contributed by atoms with Gasteiger partial charge in [0.05, 0.1) is 11.8 Å². The van der Waals surface area contributed by atoms with E-state index in [1.165, 1.54) is 12.3 Å². The van der Waals surface area contributed by atoms with E-state index >= 15 is 0 Å². The topological polar surface area (TPSA) is 113 Å². The number of carbonyl (C=O) groups is 2. The van der Waals surface area contributed by atoms with Gasteiger partial charge in [-0.3, -0.25) is 4.79 Å². The Labute approximate surface area is 157 Å². The van der Waals surface area contributed by atoms with Crippen molar-refractivity contribution in [2.24, 2.45) is 0 Å². The Morgan fingerprint density at radius 3 is 2.50 bits per heavy atom. The van der Waals surface area contributed by atoms with Crippen LogP contribution in [0.25, 0.3) is 0 Å². The average molecular weight is 398 g/mol. The van der Waals surface area contributed by atoms with Crippen LogP contribution in [0.4, 0.5) is 19.0 Å². The lowest BCUT2D eigenvalue weighted by Crippen LogP contribution is -2.45. The summed E-state index contributed by atoms with van der Waals surface area (Å²) < 4.78 is 38.9. The quantitative estimate of drug-likeness (QED) is 0.777. The first-order valence-electron chi connectivity index (χ1n) is 8.43. The number of anilines is 1. The van der Waals surface area contributed by atoms with E-state index in [0.29, 0.717) is 31.7 Å². The number of hydrogen-bond acceptors (Lipinski definition) is 6. The van der Waals surface area contributed by atoms with E-state index in [1.807, 2.05) is 4.90 Å². The number of hydrogen-bond donors (Lipinski definition) is 2. The Kier molecular flexibility index (Phi) is 5.47. The van der Waals surface area contributed by atoms with Gasteiger partial charge in [0, 0.05) is 25.3 Å². The average Bonchev–Trinajstić information content (AvgIpc) is 3.10. The fourth-order valence-corrected chi connectivity index (χ4v) is 2.89. The van der Waals surface area contributed by atoms with Crippen molar-refractivity contribution in [3.63, 3.8) is 0 Å². The minimum atomic E-state index is -4.42. The summed E-state index contributed by atoms with van der Waals surface area (Å²) in [5.41, 5.74) is -1.04. The molecule has 2 aromatic heterocycles. The first-order valence-corrected chi connectivity index (χ1v) is 8.43. The molecule has 1 amide bonds. The lowest BCUT2D eigenvalue weighted by molar-refractivity contribution is -0.137. The van der Waals surface area contributed by atoms with Gasteiger partial charge in [-0.15, -0.1) is 5.10 Å². The molecule has 9 nitrogen and oxygen atoms in total. The van der Waals surface area contributed by atoms with E-state index in [9.17, 15) is 22.8 Å². The zero-order valence-corrected chi connectivity index (χ0v) is 14.6. The predicted molar refractivity (Wildman–Crippen MR) is 89.6 cm³/mol. The summed E-state index contributed by atoms with van der Waals surface area (Å²) in [6, 6.07) is 2.24. The van der Waals surface area contributed by atoms with E-state index in [-0.39, 0.29) is 24.2 Å². The predicted octanol–water partition coefficient (Wildman–Crippen LogP) is 1.18. The number of amides is 1. The molecule has 28 heavy (non-hydrogen) atoms. The van der Waals surface area contributed by atoms with E-state index in [1.54, 1.807) is 0 Å². The van der Waals surface area contributed by atoms with Gasteiger partial charge in [-0.2, -0.15) is 13.2 Å². The molecule has 2 aromatic rings. The second-order valence-electron chi connectivity index (χ2n) is 6.34. The van der Waals surface area contributed by atoms with Crippen molar-refractivity contribution in [3.05, 3.63) is 35.8 Å². The molecule has 1 saturated heterocycles. The van der Waals surface area contributed by atoms with Crippen molar-refractivity contribution in [1.82, 2.24) is 25.3 Å². The lowest BCUT2D eigenvalue weighted by atomic mass is 10.0. The third-order valence-electron chi connectivity index (χ3n) is 4.32. The highest BCUT2D eigenvalue weighted by Crippen LogP contribution is 2.29. The molecule has 1 aliphatic rings. The number of rotatable bonds is 5. The monoisotopic (exact) mass is 398 g/mol. The second kappa shape index (κ2) is 7.82. The van der Waals surface area contributed by atoms with Crippen LogP contribution in [-0.4, -0.2) is 56.1 Å². The van der Waals surface area contributed by atoms with Crippen molar-refractivity contribution in [2.45, 2.75) is 31.6 Å². The smallest absolute Gasteiger partial charge is 0.417 e. The van der Waals surface area contributed by atoms with E-state index in [4.69, 9.17) is 5.11 Å². The molecule has 150 valence electrons. The number of pyridine rings is 1. The summed E-state index contributed by atoms with van der Waals surface area (Å²) in [6.07, 6.45) is -1.23. The minimum absolute atomic E-state index is 0.0966. The molecule has 0 atom stereocenters. The maximum absolute atomic E-state index is 12.6. The van der Waals surface area contributed by atoms with Gasteiger partial charge in [0.1, 0.15) is 12.4 Å². The number of nitrogens with one attached hydrogen (secondary N) is 1. The maximum atomic E-state index is 12.6. The van der Waals surface area contributed by atoms with Gasteiger partial charge in [-0.25, -0.2) is 14.5 Å².